The van der Waals surface area contributed by atoms with Crippen LogP contribution in [-0.4, -0.2) is 41.5 Å². The molecule has 1 atom stereocenters. The number of hydrogen-bond acceptors (Lipinski definition) is 6. The zero-order valence-corrected chi connectivity index (χ0v) is 24.6. The highest BCUT2D eigenvalue weighted by Crippen LogP contribution is 2.42. The molecular weight excluding hydrogens is 593 g/mol. The van der Waals surface area contributed by atoms with E-state index < -0.39 is 17.5 Å². The van der Waals surface area contributed by atoms with Gasteiger partial charge in [-0.3, -0.25) is 4.98 Å². The highest BCUT2D eigenvalue weighted by Gasteiger charge is 2.39. The molecule has 1 N–H and O–H groups in total. The Balaban J connectivity index is 1.49. The van der Waals surface area contributed by atoms with Crippen molar-refractivity contribution >= 4 is 22.5 Å². The van der Waals surface area contributed by atoms with Gasteiger partial charge in [-0.15, -0.1) is 0 Å². The van der Waals surface area contributed by atoms with E-state index in [1.807, 2.05) is 43.5 Å². The van der Waals surface area contributed by atoms with Crippen LogP contribution in [0.25, 0.3) is 16.6 Å². The minimum Gasteiger partial charge on any atom is -0.481 e. The summed E-state index contributed by atoms with van der Waals surface area (Å²) in [5.41, 5.74) is 1.56. The smallest absolute Gasteiger partial charge is 0.433 e. The van der Waals surface area contributed by atoms with Crippen molar-refractivity contribution in [2.45, 2.75) is 25.1 Å². The largest absolute Gasteiger partial charge is 0.481 e. The second kappa shape index (κ2) is 11.1. The van der Waals surface area contributed by atoms with Crippen molar-refractivity contribution in [2.75, 3.05) is 7.11 Å². The van der Waals surface area contributed by atoms with Gasteiger partial charge in [0.25, 0.3) is 0 Å². The van der Waals surface area contributed by atoms with Crippen LogP contribution in [0.1, 0.15) is 39.2 Å². The van der Waals surface area contributed by atoms with Crippen LogP contribution in [0, 0.1) is 6.92 Å². The van der Waals surface area contributed by atoms with E-state index in [0.29, 0.717) is 50.6 Å². The molecule has 6 rings (SSSR count). The average Bonchev–Trinajstić information content (AvgIpc) is 3.71. The molecule has 0 fully saturated rings. The maximum absolute atomic E-state index is 13.3. The highest BCUT2D eigenvalue weighted by atomic mass is 35.5. The first kappa shape index (κ1) is 29.3. The minimum absolute atomic E-state index is 0.128. The summed E-state index contributed by atoms with van der Waals surface area (Å²) in [6, 6.07) is 15.2. The first-order chi connectivity index (χ1) is 21.0. The number of pyridine rings is 2. The Hall–Kier alpha value is -4.74. The van der Waals surface area contributed by atoms with E-state index in [-0.39, 0.29) is 5.56 Å². The molecule has 1 unspecified atom stereocenters. The van der Waals surface area contributed by atoms with E-state index in [4.69, 9.17) is 21.3 Å². The Morgan fingerprint density at radius 1 is 1.02 bits per heavy atom. The molecule has 0 saturated carbocycles. The van der Waals surface area contributed by atoms with Crippen LogP contribution in [0.3, 0.4) is 0 Å². The molecule has 8 nitrogen and oxygen atoms in total. The molecule has 4 aromatic heterocycles. The SMILES string of the molecule is COc1nc2c(C)cc(C(O)(c3ccc(C(F)(F)F)nc3)c3cncn3C)cc2c(Cl)c1Cc1ccc(-n2cccn2)cc1. The number of fused-ring (bicyclic) bond motifs is 1. The van der Waals surface area contributed by atoms with Gasteiger partial charge >= 0.3 is 6.18 Å². The lowest BCUT2D eigenvalue weighted by Crippen LogP contribution is -2.31. The lowest BCUT2D eigenvalue weighted by molar-refractivity contribution is -0.141. The number of benzene rings is 2. The number of aliphatic hydroxyl groups is 1. The van der Waals surface area contributed by atoms with Crippen molar-refractivity contribution in [1.29, 1.82) is 0 Å². The van der Waals surface area contributed by atoms with Gasteiger partial charge < -0.3 is 14.4 Å². The number of aryl methyl sites for hydroxylation is 2. The van der Waals surface area contributed by atoms with Crippen LogP contribution in [-0.2, 0) is 25.2 Å². The number of aromatic nitrogens is 6. The van der Waals surface area contributed by atoms with Gasteiger partial charge in [-0.2, -0.15) is 18.3 Å². The first-order valence-electron chi connectivity index (χ1n) is 13.5. The molecule has 0 bridgehead atoms. The fourth-order valence-corrected chi connectivity index (χ4v) is 5.68. The summed E-state index contributed by atoms with van der Waals surface area (Å²) in [7, 11) is 3.21. The number of methoxy groups -OCH3 is 1. The summed E-state index contributed by atoms with van der Waals surface area (Å²) >= 11 is 7.08. The molecule has 0 aliphatic carbocycles. The van der Waals surface area contributed by atoms with Gasteiger partial charge in [0, 0.05) is 48.6 Å². The fraction of sp³-hybridized carbons (Fsp3) is 0.188. The van der Waals surface area contributed by atoms with E-state index in [1.54, 1.807) is 34.6 Å². The Kier molecular flexibility index (Phi) is 7.38. The average molecular weight is 619 g/mol. The molecule has 0 amide bonds. The molecule has 0 aliphatic rings. The van der Waals surface area contributed by atoms with E-state index in [9.17, 15) is 18.3 Å². The molecule has 6 aromatic rings. The van der Waals surface area contributed by atoms with Crippen LogP contribution >= 0.6 is 11.6 Å². The molecule has 0 aliphatic heterocycles. The van der Waals surface area contributed by atoms with Crippen molar-refractivity contribution in [3.8, 4) is 11.6 Å². The van der Waals surface area contributed by atoms with Crippen molar-refractivity contribution < 1.29 is 23.0 Å². The van der Waals surface area contributed by atoms with Crippen LogP contribution < -0.4 is 4.74 Å². The molecule has 2 aromatic carbocycles. The van der Waals surface area contributed by atoms with Gasteiger partial charge in [-0.1, -0.05) is 35.9 Å². The summed E-state index contributed by atoms with van der Waals surface area (Å²) in [4.78, 5) is 12.5. The van der Waals surface area contributed by atoms with Crippen LogP contribution in [0.15, 0.2) is 85.7 Å². The van der Waals surface area contributed by atoms with Crippen molar-refractivity contribution in [3.63, 3.8) is 0 Å². The topological polar surface area (TPSA) is 90.9 Å². The zero-order chi connectivity index (χ0) is 31.2. The first-order valence-corrected chi connectivity index (χ1v) is 13.9. The molecule has 44 heavy (non-hydrogen) atoms. The molecule has 224 valence electrons. The van der Waals surface area contributed by atoms with Gasteiger partial charge in [-0.25, -0.2) is 14.6 Å². The maximum Gasteiger partial charge on any atom is 0.433 e. The monoisotopic (exact) mass is 618 g/mol. The normalized spacial score (nSPS) is 13.3. The number of nitrogens with zero attached hydrogens (tertiary/aromatic N) is 6. The minimum atomic E-state index is -4.63. The van der Waals surface area contributed by atoms with E-state index in [2.05, 4.69) is 15.1 Å². The van der Waals surface area contributed by atoms with E-state index in [0.717, 1.165) is 23.5 Å². The quantitative estimate of drug-likeness (QED) is 0.222. The second-order valence-electron chi connectivity index (χ2n) is 10.4. The number of hydrogen-bond donors (Lipinski definition) is 1. The molecule has 4 heterocycles. The Labute approximate surface area is 255 Å². The molecule has 0 saturated heterocycles. The third kappa shape index (κ3) is 5.07. The predicted octanol–water partition coefficient (Wildman–Crippen LogP) is 6.41. The summed E-state index contributed by atoms with van der Waals surface area (Å²) in [5.74, 6) is 0.364. The summed E-state index contributed by atoms with van der Waals surface area (Å²) < 4.78 is 49.0. The second-order valence-corrected chi connectivity index (χ2v) is 10.8. The lowest BCUT2D eigenvalue weighted by atomic mass is 9.82. The number of imidazole rings is 1. The van der Waals surface area contributed by atoms with Crippen LogP contribution in [0.4, 0.5) is 13.2 Å². The summed E-state index contributed by atoms with van der Waals surface area (Å²) in [6.45, 7) is 1.82. The van der Waals surface area contributed by atoms with E-state index in [1.165, 1.54) is 25.7 Å². The molecular formula is C32H26ClF3N6O2. The Morgan fingerprint density at radius 3 is 2.39 bits per heavy atom. The third-order valence-electron chi connectivity index (χ3n) is 7.63. The van der Waals surface area contributed by atoms with Crippen molar-refractivity contribution in [2.24, 2.45) is 7.05 Å². The van der Waals surface area contributed by atoms with Gasteiger partial charge in [0.15, 0.2) is 5.60 Å². The third-order valence-corrected chi connectivity index (χ3v) is 8.06. The van der Waals surface area contributed by atoms with Gasteiger partial charge in [0.2, 0.25) is 5.88 Å². The summed E-state index contributed by atoms with van der Waals surface area (Å²) in [5, 5.41) is 17.6. The Morgan fingerprint density at radius 2 is 1.80 bits per heavy atom. The summed E-state index contributed by atoms with van der Waals surface area (Å²) in [6.07, 6.45) is 3.33. The molecule has 0 spiro atoms. The number of ether oxygens (including phenoxy) is 1. The number of alkyl halides is 3. The van der Waals surface area contributed by atoms with Crippen LogP contribution in [0.5, 0.6) is 5.88 Å². The molecule has 12 heteroatoms. The van der Waals surface area contributed by atoms with Gasteiger partial charge in [0.1, 0.15) is 5.69 Å². The fourth-order valence-electron chi connectivity index (χ4n) is 5.39. The molecule has 0 radical (unpaired) electrons. The highest BCUT2D eigenvalue weighted by molar-refractivity contribution is 6.36. The van der Waals surface area contributed by atoms with Crippen molar-refractivity contribution in [1.82, 2.24) is 29.3 Å². The van der Waals surface area contributed by atoms with Crippen LogP contribution in [0.2, 0.25) is 5.02 Å². The number of halogens is 4. The van der Waals surface area contributed by atoms with Gasteiger partial charge in [-0.05, 0) is 53.9 Å². The van der Waals surface area contributed by atoms with E-state index >= 15 is 0 Å². The standard InChI is InChI=1S/C32H26ClF3N6O2/c1-19-13-22(31(43,27-17-37-18-41(27)2)21-7-10-26(38-16-21)32(34,35)36)15-24-28(33)25(30(44-3)40-29(19)24)14-20-5-8-23(9-6-20)42-12-4-11-39-42/h4-13,15-18,43H,14H2,1-3H3. The maximum atomic E-state index is 13.3. The predicted molar refractivity (Wildman–Crippen MR) is 159 cm³/mol. The Bertz CT molecular complexity index is 1960. The lowest BCUT2D eigenvalue weighted by Gasteiger charge is -2.30. The van der Waals surface area contributed by atoms with Gasteiger partial charge in [0.05, 0.1) is 41.6 Å². The zero-order valence-electron chi connectivity index (χ0n) is 23.8. The van der Waals surface area contributed by atoms with Crippen molar-refractivity contribution in [3.05, 3.63) is 130 Å². The number of rotatable bonds is 7.